The van der Waals surface area contributed by atoms with Crippen molar-refractivity contribution in [3.8, 4) is 0 Å². The maximum Gasteiger partial charge on any atom is 0.402 e. The summed E-state index contributed by atoms with van der Waals surface area (Å²) >= 11 is 0. The number of unbranched alkanes of at least 4 members (excludes halogenated alkanes) is 2. The van der Waals surface area contributed by atoms with Crippen molar-refractivity contribution in [1.29, 1.82) is 0 Å². The lowest BCUT2D eigenvalue weighted by atomic mass is 10.1. The molecule has 0 spiro atoms. The molecule has 0 aliphatic rings. The summed E-state index contributed by atoms with van der Waals surface area (Å²) in [5, 5.41) is -0.808. The first-order chi connectivity index (χ1) is 12.8. The lowest BCUT2D eigenvalue weighted by molar-refractivity contribution is -0.140. The fourth-order valence-electron chi connectivity index (χ4n) is 4.12. The van der Waals surface area contributed by atoms with Crippen molar-refractivity contribution in [2.24, 2.45) is 0 Å². The molecule has 0 aromatic carbocycles. The standard InChI is InChI=1S/C22H47O4Si2/c1-12-16-17-18-28(20(5,6)7,21(8,9)10)26-19(23)22(11,13-2)27(24-14-3)25-15-4/h12-18H2,1-11H3. The molecule has 0 aliphatic heterocycles. The van der Waals surface area contributed by atoms with Gasteiger partial charge in [-0.25, -0.2) is 0 Å². The molecule has 0 N–H and O–H groups in total. The molecule has 1 radical (unpaired) electrons. The van der Waals surface area contributed by atoms with E-state index in [0.29, 0.717) is 19.6 Å². The Bertz CT molecular complexity index is 448. The van der Waals surface area contributed by atoms with Crippen LogP contribution < -0.4 is 0 Å². The molecule has 0 aromatic heterocycles. The van der Waals surface area contributed by atoms with E-state index >= 15 is 0 Å². The molecular weight excluding hydrogens is 384 g/mol. The molecule has 1 unspecified atom stereocenters. The lowest BCUT2D eigenvalue weighted by Crippen LogP contribution is -2.58. The van der Waals surface area contributed by atoms with Gasteiger partial charge in [-0.3, -0.25) is 4.79 Å². The Morgan fingerprint density at radius 3 is 1.61 bits per heavy atom. The van der Waals surface area contributed by atoms with Crippen LogP contribution in [0.2, 0.25) is 21.2 Å². The van der Waals surface area contributed by atoms with Crippen LogP contribution in [0.1, 0.15) is 102 Å². The van der Waals surface area contributed by atoms with Gasteiger partial charge < -0.3 is 13.3 Å². The van der Waals surface area contributed by atoms with Gasteiger partial charge in [-0.1, -0.05) is 74.7 Å². The van der Waals surface area contributed by atoms with Crippen molar-refractivity contribution >= 4 is 23.6 Å². The summed E-state index contributed by atoms with van der Waals surface area (Å²) in [5.74, 6) is -0.112. The zero-order chi connectivity index (χ0) is 22.2. The highest BCUT2D eigenvalue weighted by atomic mass is 28.4. The topological polar surface area (TPSA) is 44.8 Å². The van der Waals surface area contributed by atoms with Crippen LogP contribution in [-0.4, -0.2) is 36.8 Å². The van der Waals surface area contributed by atoms with Crippen LogP contribution in [0.3, 0.4) is 0 Å². The lowest BCUT2D eigenvalue weighted by Gasteiger charge is -2.51. The SMILES string of the molecule is CCCCC[Si](OC(=O)C(C)(CC)[Si](OCC)OCC)(C(C)(C)C)C(C)(C)C. The van der Waals surface area contributed by atoms with E-state index in [9.17, 15) is 4.79 Å². The molecule has 28 heavy (non-hydrogen) atoms. The van der Waals surface area contributed by atoms with Gasteiger partial charge in [-0.05, 0) is 43.3 Å². The minimum atomic E-state index is -2.46. The van der Waals surface area contributed by atoms with Gasteiger partial charge in [-0.15, -0.1) is 0 Å². The summed E-state index contributed by atoms with van der Waals surface area (Å²) in [7, 11) is -4.23. The second-order valence-electron chi connectivity index (χ2n) is 10.0. The van der Waals surface area contributed by atoms with Crippen molar-refractivity contribution in [1.82, 2.24) is 0 Å². The van der Waals surface area contributed by atoms with E-state index in [1.807, 2.05) is 27.7 Å². The van der Waals surface area contributed by atoms with Crippen molar-refractivity contribution < 1.29 is 18.1 Å². The zero-order valence-electron chi connectivity index (χ0n) is 20.6. The first-order valence-corrected chi connectivity index (χ1v) is 14.6. The summed E-state index contributed by atoms with van der Waals surface area (Å²) in [6.07, 6.45) is 4.12. The van der Waals surface area contributed by atoms with E-state index in [0.717, 1.165) is 12.5 Å². The van der Waals surface area contributed by atoms with Crippen molar-refractivity contribution in [3.05, 3.63) is 0 Å². The number of rotatable bonds is 12. The molecule has 4 nitrogen and oxygen atoms in total. The number of carbonyl (C=O) groups is 1. The van der Waals surface area contributed by atoms with Crippen LogP contribution in [0, 0.1) is 0 Å². The molecule has 0 rings (SSSR count). The number of hydrogen-bond acceptors (Lipinski definition) is 4. The van der Waals surface area contributed by atoms with Gasteiger partial charge in [0.2, 0.25) is 0 Å². The van der Waals surface area contributed by atoms with Crippen molar-refractivity contribution in [3.63, 3.8) is 0 Å². The smallest absolute Gasteiger partial charge is 0.402 e. The zero-order valence-corrected chi connectivity index (χ0v) is 22.6. The summed E-state index contributed by atoms with van der Waals surface area (Å²) in [6.45, 7) is 24.8. The molecule has 0 heterocycles. The summed E-state index contributed by atoms with van der Waals surface area (Å²) < 4.78 is 18.6. The highest BCUT2D eigenvalue weighted by molar-refractivity contribution is 6.81. The Morgan fingerprint density at radius 2 is 1.29 bits per heavy atom. The molecule has 6 heteroatoms. The third kappa shape index (κ3) is 6.41. The Labute approximate surface area is 178 Å². The summed E-state index contributed by atoms with van der Waals surface area (Å²) in [4.78, 5) is 13.7. The fraction of sp³-hybridized carbons (Fsp3) is 0.955. The van der Waals surface area contributed by atoms with Gasteiger partial charge in [0.05, 0.1) is 0 Å². The third-order valence-electron chi connectivity index (χ3n) is 5.98. The van der Waals surface area contributed by atoms with E-state index in [-0.39, 0.29) is 16.0 Å². The van der Waals surface area contributed by atoms with Gasteiger partial charge in [-0.2, -0.15) is 0 Å². The minimum absolute atomic E-state index is 0.0482. The highest BCUT2D eigenvalue weighted by Crippen LogP contribution is 2.56. The van der Waals surface area contributed by atoms with E-state index < -0.39 is 22.6 Å². The number of hydrogen-bond donors (Lipinski definition) is 0. The van der Waals surface area contributed by atoms with Crippen LogP contribution in [0.25, 0.3) is 0 Å². The fourth-order valence-corrected chi connectivity index (χ4v) is 11.7. The van der Waals surface area contributed by atoms with Gasteiger partial charge in [0, 0.05) is 13.2 Å². The predicted octanol–water partition coefficient (Wildman–Crippen LogP) is 7.00. The molecule has 0 aliphatic carbocycles. The van der Waals surface area contributed by atoms with Gasteiger partial charge in [0.1, 0.15) is 5.04 Å². The predicted molar refractivity (Wildman–Crippen MR) is 123 cm³/mol. The average molecular weight is 432 g/mol. The minimum Gasteiger partial charge on any atom is -0.518 e. The molecule has 0 saturated heterocycles. The first-order valence-electron chi connectivity index (χ1n) is 11.1. The summed E-state index contributed by atoms with van der Waals surface area (Å²) in [6, 6.07) is 1.00. The summed E-state index contributed by atoms with van der Waals surface area (Å²) in [5.41, 5.74) is 0. The maximum atomic E-state index is 13.7. The second kappa shape index (κ2) is 11.3. The molecule has 1 atom stereocenters. The molecule has 0 saturated carbocycles. The maximum absolute atomic E-state index is 13.7. The molecule has 167 valence electrons. The molecule has 0 bridgehead atoms. The van der Waals surface area contributed by atoms with E-state index in [4.69, 9.17) is 13.3 Å². The van der Waals surface area contributed by atoms with Crippen LogP contribution in [-0.2, 0) is 18.1 Å². The molecule has 0 fully saturated rings. The van der Waals surface area contributed by atoms with Crippen LogP contribution >= 0.6 is 0 Å². The van der Waals surface area contributed by atoms with Gasteiger partial charge >= 0.3 is 9.28 Å². The van der Waals surface area contributed by atoms with E-state index in [1.54, 1.807) is 0 Å². The number of carbonyl (C=O) groups excluding carboxylic acids is 1. The van der Waals surface area contributed by atoms with Crippen LogP contribution in [0.15, 0.2) is 0 Å². The Hall–Kier alpha value is -0.176. The molecule has 0 aromatic rings. The third-order valence-corrected chi connectivity index (χ3v) is 15.0. The van der Waals surface area contributed by atoms with E-state index in [1.165, 1.54) is 12.8 Å². The normalized spacial score (nSPS) is 15.6. The van der Waals surface area contributed by atoms with Crippen molar-refractivity contribution in [2.75, 3.05) is 13.2 Å². The monoisotopic (exact) mass is 431 g/mol. The van der Waals surface area contributed by atoms with Crippen LogP contribution in [0.5, 0.6) is 0 Å². The van der Waals surface area contributed by atoms with Gasteiger partial charge in [0.15, 0.2) is 0 Å². The van der Waals surface area contributed by atoms with Gasteiger partial charge in [0.25, 0.3) is 14.3 Å². The first kappa shape index (κ1) is 27.8. The van der Waals surface area contributed by atoms with E-state index in [2.05, 4.69) is 48.5 Å². The second-order valence-corrected chi connectivity index (χ2v) is 17.6. The Morgan fingerprint density at radius 1 is 0.821 bits per heavy atom. The molecular formula is C22H47O4Si2. The van der Waals surface area contributed by atoms with Crippen molar-refractivity contribution in [2.45, 2.75) is 123 Å². The largest absolute Gasteiger partial charge is 0.518 e. The van der Waals surface area contributed by atoms with Crippen LogP contribution in [0.4, 0.5) is 0 Å². The molecule has 0 amide bonds. The highest BCUT2D eigenvalue weighted by Gasteiger charge is 2.59. The average Bonchev–Trinajstić information content (AvgIpc) is 2.57. The Balaban J connectivity index is 6.09. The quantitative estimate of drug-likeness (QED) is 0.246. The Kier molecular flexibility index (Phi) is 11.2.